The minimum atomic E-state index is -0.145. The van der Waals surface area contributed by atoms with Crippen molar-refractivity contribution in [3.05, 3.63) is 90.7 Å². The molecule has 2 heterocycles. The first-order valence-electron chi connectivity index (χ1n) is 10.1. The highest BCUT2D eigenvalue weighted by Crippen LogP contribution is 2.24. The van der Waals surface area contributed by atoms with Crippen molar-refractivity contribution in [3.8, 4) is 0 Å². The van der Waals surface area contributed by atoms with Crippen molar-refractivity contribution in [2.24, 2.45) is 0 Å². The number of ether oxygens (including phenoxy) is 1. The van der Waals surface area contributed by atoms with Crippen LogP contribution in [0.15, 0.2) is 73.6 Å². The van der Waals surface area contributed by atoms with E-state index in [4.69, 9.17) is 4.74 Å². The molecular weight excluding hydrogens is 702 g/mol. The summed E-state index contributed by atoms with van der Waals surface area (Å²) in [6.07, 6.45) is 1.98. The van der Waals surface area contributed by atoms with E-state index in [9.17, 15) is 4.79 Å². The molecule has 1 fully saturated rings. The molecule has 0 saturated carbocycles. The monoisotopic (exact) mass is 723 g/mol. The molecule has 3 aromatic rings. The summed E-state index contributed by atoms with van der Waals surface area (Å²) in [4.78, 5) is 19.6. The molecular formula is C23H25Br4N3O2S. The van der Waals surface area contributed by atoms with Gasteiger partial charge in [0.25, 0.3) is 5.56 Å². The van der Waals surface area contributed by atoms with Crippen LogP contribution < -0.4 is 5.56 Å². The van der Waals surface area contributed by atoms with Gasteiger partial charge in [0.2, 0.25) is 0 Å². The average Bonchev–Trinajstić information content (AvgIpc) is 2.76. The van der Waals surface area contributed by atoms with Gasteiger partial charge in [-0.05, 0) is 35.4 Å². The third-order valence-electron chi connectivity index (χ3n) is 5.03. The predicted molar refractivity (Wildman–Crippen MR) is 152 cm³/mol. The Morgan fingerprint density at radius 3 is 2.24 bits per heavy atom. The van der Waals surface area contributed by atoms with E-state index in [0.717, 1.165) is 44.1 Å². The summed E-state index contributed by atoms with van der Waals surface area (Å²) in [5, 5.41) is 0.732. The minimum Gasteiger partial charge on any atom is -0.379 e. The topological polar surface area (TPSA) is 47.4 Å². The molecule has 0 unspecified atom stereocenters. The van der Waals surface area contributed by atoms with Crippen LogP contribution >= 0.6 is 77.6 Å². The smallest absolute Gasteiger partial charge is 0.278 e. The molecule has 1 aliphatic heterocycles. The van der Waals surface area contributed by atoms with Gasteiger partial charge < -0.3 is 9.30 Å². The molecule has 0 spiro atoms. The molecule has 4 rings (SSSR count). The van der Waals surface area contributed by atoms with Gasteiger partial charge in [-0.25, -0.2) is 0 Å². The first kappa shape index (κ1) is 28.7. The number of thioether (sulfide) groups is 1. The number of nitrogens with zero attached hydrogens (tertiary/aromatic N) is 3. The molecule has 1 saturated heterocycles. The summed E-state index contributed by atoms with van der Waals surface area (Å²) in [5.74, 6) is 0.743. The van der Waals surface area contributed by atoms with Crippen LogP contribution in [0.1, 0.15) is 16.7 Å². The van der Waals surface area contributed by atoms with Gasteiger partial charge in [0.05, 0.1) is 13.2 Å². The molecule has 0 radical (unpaired) electrons. The number of hydrogen-bond acceptors (Lipinski definition) is 5. The van der Waals surface area contributed by atoms with Crippen molar-refractivity contribution >= 4 is 77.6 Å². The lowest BCUT2D eigenvalue weighted by Gasteiger charge is -2.26. The highest BCUT2D eigenvalue weighted by Gasteiger charge is 2.16. The van der Waals surface area contributed by atoms with Crippen LogP contribution in [0.2, 0.25) is 0 Å². The Hall–Kier alpha value is -0.490. The lowest BCUT2D eigenvalue weighted by atomic mass is 10.2. The first-order valence-corrected chi connectivity index (χ1v) is 12.7. The van der Waals surface area contributed by atoms with Crippen LogP contribution in [-0.2, 0) is 23.6 Å². The highest BCUT2D eigenvalue weighted by atomic mass is 79.9. The van der Waals surface area contributed by atoms with E-state index in [-0.39, 0.29) is 39.5 Å². The first-order chi connectivity index (χ1) is 15.1. The number of benzene rings is 2. The van der Waals surface area contributed by atoms with E-state index in [0.29, 0.717) is 26.3 Å². The largest absolute Gasteiger partial charge is 0.379 e. The quantitative estimate of drug-likeness (QED) is 0.218. The normalized spacial score (nSPS) is 13.8. The van der Waals surface area contributed by atoms with Crippen molar-refractivity contribution in [3.63, 3.8) is 0 Å². The summed E-state index contributed by atoms with van der Waals surface area (Å²) in [6, 6.07) is 16.4. The second kappa shape index (κ2) is 14.2. The molecule has 0 amide bonds. The van der Waals surface area contributed by atoms with Gasteiger partial charge in [0, 0.05) is 52.6 Å². The number of morpholine rings is 1. The third-order valence-corrected chi connectivity index (χ3v) is 7.07. The number of aromatic nitrogens is 2. The maximum Gasteiger partial charge on any atom is 0.278 e. The molecule has 0 N–H and O–H groups in total. The van der Waals surface area contributed by atoms with Gasteiger partial charge in [-0.15, -0.1) is 34.0 Å². The summed E-state index contributed by atoms with van der Waals surface area (Å²) in [6.45, 7) is 4.35. The molecule has 33 heavy (non-hydrogen) atoms. The van der Waals surface area contributed by atoms with Crippen LogP contribution in [0.4, 0.5) is 0 Å². The van der Waals surface area contributed by atoms with Crippen LogP contribution in [0, 0.1) is 0 Å². The van der Waals surface area contributed by atoms with Crippen molar-refractivity contribution in [2.45, 2.75) is 24.0 Å². The zero-order chi connectivity index (χ0) is 21.6. The molecule has 1 aromatic heterocycles. The zero-order valence-electron chi connectivity index (χ0n) is 17.8. The molecule has 0 bridgehead atoms. The summed E-state index contributed by atoms with van der Waals surface area (Å²) >= 11 is 8.66. The second-order valence-electron chi connectivity index (χ2n) is 7.42. The fraction of sp³-hybridized carbons (Fsp3) is 0.304. The molecule has 0 aliphatic carbocycles. The Morgan fingerprint density at radius 2 is 1.58 bits per heavy atom. The molecule has 10 heteroatoms. The molecule has 0 atom stereocenters. The second-order valence-corrected chi connectivity index (χ2v) is 10.2. The molecule has 1 aliphatic rings. The number of hydrogen-bond donors (Lipinski definition) is 0. The Balaban J connectivity index is 0.00000193. The molecule has 5 nitrogen and oxygen atoms in total. The lowest BCUT2D eigenvalue weighted by Crippen LogP contribution is -2.37. The van der Waals surface area contributed by atoms with Crippen LogP contribution in [0.3, 0.4) is 0 Å². The van der Waals surface area contributed by atoms with Gasteiger partial charge in [0.15, 0.2) is 5.16 Å². The van der Waals surface area contributed by atoms with E-state index in [1.807, 2.05) is 30.5 Å². The Morgan fingerprint density at radius 1 is 0.939 bits per heavy atom. The van der Waals surface area contributed by atoms with E-state index in [1.165, 1.54) is 5.56 Å². The van der Waals surface area contributed by atoms with Gasteiger partial charge >= 0.3 is 0 Å². The highest BCUT2D eigenvalue weighted by molar-refractivity contribution is 9.10. The molecule has 178 valence electrons. The summed E-state index contributed by atoms with van der Waals surface area (Å²) in [7, 11) is 0. The van der Waals surface area contributed by atoms with Gasteiger partial charge in [0.1, 0.15) is 0 Å². The number of halogens is 4. The summed E-state index contributed by atoms with van der Waals surface area (Å²) < 4.78 is 9.62. The average molecular weight is 727 g/mol. The zero-order valence-corrected chi connectivity index (χ0v) is 25.2. The van der Waals surface area contributed by atoms with E-state index in [1.54, 1.807) is 11.8 Å². The maximum atomic E-state index is 12.8. The Labute approximate surface area is 236 Å². The van der Waals surface area contributed by atoms with Crippen molar-refractivity contribution in [1.29, 1.82) is 0 Å². The van der Waals surface area contributed by atoms with Crippen molar-refractivity contribution < 1.29 is 4.74 Å². The number of rotatable bonds is 7. The van der Waals surface area contributed by atoms with Gasteiger partial charge in [-0.3, -0.25) is 9.69 Å². The fourth-order valence-corrected chi connectivity index (χ4v) is 5.26. The Kier molecular flexibility index (Phi) is 12.3. The fourth-order valence-electron chi connectivity index (χ4n) is 3.47. The SMILES string of the molecule is Br.Br.O=c1nc(SCc2cccc(Br)c2)n(Cc2cccc(Br)c2)cc1CN1CCOCC1. The van der Waals surface area contributed by atoms with Gasteiger partial charge in [-0.1, -0.05) is 67.9 Å². The third kappa shape index (κ3) is 8.59. The van der Waals surface area contributed by atoms with Crippen molar-refractivity contribution in [2.75, 3.05) is 26.3 Å². The Bertz CT molecular complexity index is 1110. The minimum absolute atomic E-state index is 0. The predicted octanol–water partition coefficient (Wildman–Crippen LogP) is 6.10. The standard InChI is InChI=1S/C23H23Br2N3O2S.2BrH/c24-20-5-1-3-17(11-20)13-28-15-19(14-27-7-9-30-10-8-27)22(29)26-23(28)31-16-18-4-2-6-21(25)12-18;;/h1-6,11-12,15H,7-10,13-14,16H2;2*1H. The van der Waals surface area contributed by atoms with E-state index in [2.05, 4.69) is 70.6 Å². The maximum absolute atomic E-state index is 12.8. The summed E-state index contributed by atoms with van der Waals surface area (Å²) in [5.41, 5.74) is 2.92. The van der Waals surface area contributed by atoms with Gasteiger partial charge in [-0.2, -0.15) is 4.98 Å². The lowest BCUT2D eigenvalue weighted by molar-refractivity contribution is 0.0339. The van der Waals surface area contributed by atoms with E-state index < -0.39 is 0 Å². The van der Waals surface area contributed by atoms with Crippen LogP contribution in [0.5, 0.6) is 0 Å². The molecule has 2 aromatic carbocycles. The van der Waals surface area contributed by atoms with E-state index >= 15 is 0 Å². The van der Waals surface area contributed by atoms with Crippen molar-refractivity contribution in [1.82, 2.24) is 14.5 Å². The van der Waals surface area contributed by atoms with Crippen LogP contribution in [0.25, 0.3) is 0 Å². The van der Waals surface area contributed by atoms with Crippen LogP contribution in [-0.4, -0.2) is 40.8 Å².